The molecule has 0 bridgehead atoms. The van der Waals surface area contributed by atoms with E-state index in [0.717, 1.165) is 5.56 Å². The van der Waals surface area contributed by atoms with Gasteiger partial charge < -0.3 is 29.6 Å². The Hall–Kier alpha value is -1.31. The van der Waals surface area contributed by atoms with Gasteiger partial charge in [0.25, 0.3) is 0 Å². The van der Waals surface area contributed by atoms with Crippen molar-refractivity contribution in [3.05, 3.63) is 35.9 Å². The summed E-state index contributed by atoms with van der Waals surface area (Å²) in [6, 6.07) is 9.36. The Balaban J connectivity index is 2.41. The van der Waals surface area contributed by atoms with Gasteiger partial charge in [0.1, 0.15) is 24.4 Å². The fourth-order valence-corrected chi connectivity index (χ4v) is 1.75. The minimum atomic E-state index is -1.50. The van der Waals surface area contributed by atoms with Gasteiger partial charge in [0.15, 0.2) is 6.29 Å². The number of aldehydes is 1. The maximum absolute atomic E-state index is 10.5. The van der Waals surface area contributed by atoms with E-state index in [-0.39, 0.29) is 12.9 Å². The molecule has 6 nitrogen and oxygen atoms in total. The summed E-state index contributed by atoms with van der Waals surface area (Å²) in [5.41, 5.74) is 0.936. The third-order valence-corrected chi connectivity index (χ3v) is 2.88. The van der Waals surface area contributed by atoms with Crippen molar-refractivity contribution < 1.29 is 29.6 Å². The minimum Gasteiger partial charge on any atom is -0.388 e. The lowest BCUT2D eigenvalue weighted by molar-refractivity contribution is -0.146. The largest absolute Gasteiger partial charge is 0.388 e. The number of aliphatic hydroxyl groups is 3. The van der Waals surface area contributed by atoms with Crippen LogP contribution in [0.1, 0.15) is 5.56 Å². The highest BCUT2D eigenvalue weighted by molar-refractivity contribution is 5.56. The van der Waals surface area contributed by atoms with Crippen molar-refractivity contribution in [2.24, 2.45) is 0 Å². The summed E-state index contributed by atoms with van der Waals surface area (Å²) in [7, 11) is 1.23. The van der Waals surface area contributed by atoms with E-state index in [1.54, 1.807) is 0 Å². The van der Waals surface area contributed by atoms with Crippen LogP contribution in [0.5, 0.6) is 0 Å². The number of aliphatic hydroxyl groups excluding tert-OH is 3. The third kappa shape index (κ3) is 4.99. The third-order valence-electron chi connectivity index (χ3n) is 2.88. The van der Waals surface area contributed by atoms with Crippen LogP contribution in [-0.2, 0) is 20.9 Å². The van der Waals surface area contributed by atoms with E-state index in [9.17, 15) is 20.1 Å². The summed E-state index contributed by atoms with van der Waals surface area (Å²) < 4.78 is 10.1. The maximum atomic E-state index is 10.5. The van der Waals surface area contributed by atoms with Crippen molar-refractivity contribution in [3.8, 4) is 0 Å². The van der Waals surface area contributed by atoms with Gasteiger partial charge in [-0.15, -0.1) is 0 Å². The topological polar surface area (TPSA) is 96.2 Å². The molecule has 1 rings (SSSR count). The van der Waals surface area contributed by atoms with E-state index in [1.807, 2.05) is 30.3 Å². The zero-order chi connectivity index (χ0) is 15.0. The molecule has 1 aromatic rings. The zero-order valence-electron chi connectivity index (χ0n) is 11.3. The number of carbonyl (C=O) groups is 1. The van der Waals surface area contributed by atoms with Crippen LogP contribution in [0, 0.1) is 0 Å². The molecule has 0 aliphatic rings. The molecule has 0 spiro atoms. The Bertz CT molecular complexity index is 383. The monoisotopic (exact) mass is 284 g/mol. The van der Waals surface area contributed by atoms with Crippen molar-refractivity contribution in [1.29, 1.82) is 0 Å². The van der Waals surface area contributed by atoms with Gasteiger partial charge in [-0.2, -0.15) is 0 Å². The van der Waals surface area contributed by atoms with Gasteiger partial charge in [-0.3, -0.25) is 0 Å². The minimum absolute atomic E-state index is 0.137. The molecule has 4 atom stereocenters. The predicted molar refractivity (Wildman–Crippen MR) is 71.0 cm³/mol. The second kappa shape index (κ2) is 8.78. The SMILES string of the molecule is CO[C@@H]([C@H](O)[C@H](O)COCc1ccccc1)[C@@H](O)C=O. The lowest BCUT2D eigenvalue weighted by Gasteiger charge is -2.26. The van der Waals surface area contributed by atoms with Crippen LogP contribution in [0.3, 0.4) is 0 Å². The predicted octanol–water partition coefficient (Wildman–Crippen LogP) is -0.500. The first-order chi connectivity index (χ1) is 9.60. The summed E-state index contributed by atoms with van der Waals surface area (Å²) in [6.45, 7) is 0.153. The van der Waals surface area contributed by atoms with Gasteiger partial charge in [0.2, 0.25) is 0 Å². The Morgan fingerprint density at radius 1 is 1.20 bits per heavy atom. The molecule has 0 unspecified atom stereocenters. The molecule has 20 heavy (non-hydrogen) atoms. The van der Waals surface area contributed by atoms with Crippen LogP contribution in [0.2, 0.25) is 0 Å². The number of benzene rings is 1. The molecule has 1 aromatic carbocycles. The lowest BCUT2D eigenvalue weighted by Crippen LogP contribution is -2.47. The van der Waals surface area contributed by atoms with E-state index in [1.165, 1.54) is 7.11 Å². The van der Waals surface area contributed by atoms with Crippen molar-refractivity contribution in [1.82, 2.24) is 0 Å². The van der Waals surface area contributed by atoms with Crippen molar-refractivity contribution in [2.75, 3.05) is 13.7 Å². The van der Waals surface area contributed by atoms with Crippen molar-refractivity contribution in [2.45, 2.75) is 31.0 Å². The normalized spacial score (nSPS) is 17.2. The number of hydrogen-bond acceptors (Lipinski definition) is 6. The van der Waals surface area contributed by atoms with Crippen LogP contribution >= 0.6 is 0 Å². The molecule has 0 fully saturated rings. The molecule has 0 aromatic heterocycles. The smallest absolute Gasteiger partial charge is 0.151 e. The average Bonchev–Trinajstić information content (AvgIpc) is 2.48. The molecular weight excluding hydrogens is 264 g/mol. The van der Waals surface area contributed by atoms with Crippen LogP contribution in [0.4, 0.5) is 0 Å². The summed E-state index contributed by atoms with van der Waals surface area (Å²) in [4.78, 5) is 10.5. The van der Waals surface area contributed by atoms with E-state index in [2.05, 4.69) is 0 Å². The molecule has 0 heterocycles. The van der Waals surface area contributed by atoms with Gasteiger partial charge in [-0.1, -0.05) is 30.3 Å². The van der Waals surface area contributed by atoms with Crippen LogP contribution < -0.4 is 0 Å². The van der Waals surface area contributed by atoms with Gasteiger partial charge in [0.05, 0.1) is 13.2 Å². The number of ether oxygens (including phenoxy) is 2. The summed E-state index contributed by atoms with van der Waals surface area (Å²) in [6.07, 6.45) is -5.13. The van der Waals surface area contributed by atoms with Gasteiger partial charge in [-0.25, -0.2) is 0 Å². The van der Waals surface area contributed by atoms with Crippen LogP contribution in [0.25, 0.3) is 0 Å². The Kier molecular flexibility index (Phi) is 7.35. The first kappa shape index (κ1) is 16.7. The van der Waals surface area contributed by atoms with E-state index in [4.69, 9.17) is 9.47 Å². The average molecular weight is 284 g/mol. The first-order valence-corrected chi connectivity index (χ1v) is 6.24. The van der Waals surface area contributed by atoms with Crippen molar-refractivity contribution >= 4 is 6.29 Å². The van der Waals surface area contributed by atoms with E-state index in [0.29, 0.717) is 6.61 Å². The lowest BCUT2D eigenvalue weighted by atomic mass is 10.0. The van der Waals surface area contributed by atoms with Gasteiger partial charge >= 0.3 is 0 Å². The number of methoxy groups -OCH3 is 1. The Morgan fingerprint density at radius 3 is 2.40 bits per heavy atom. The highest BCUT2D eigenvalue weighted by Crippen LogP contribution is 2.09. The summed E-state index contributed by atoms with van der Waals surface area (Å²) in [5, 5.41) is 28.9. The maximum Gasteiger partial charge on any atom is 0.151 e. The second-order valence-electron chi connectivity index (χ2n) is 4.39. The Morgan fingerprint density at radius 2 is 1.85 bits per heavy atom. The summed E-state index contributed by atoms with van der Waals surface area (Å²) in [5.74, 6) is 0. The molecule has 0 radical (unpaired) electrons. The number of hydrogen-bond donors (Lipinski definition) is 3. The highest BCUT2D eigenvalue weighted by Gasteiger charge is 2.32. The molecule has 3 N–H and O–H groups in total. The molecule has 0 saturated carbocycles. The highest BCUT2D eigenvalue weighted by atomic mass is 16.5. The molecule has 0 aliphatic heterocycles. The quantitative estimate of drug-likeness (QED) is 0.529. The van der Waals surface area contributed by atoms with E-state index >= 15 is 0 Å². The molecular formula is C14H20O6. The molecule has 0 amide bonds. The van der Waals surface area contributed by atoms with Crippen molar-refractivity contribution in [3.63, 3.8) is 0 Å². The molecule has 0 aliphatic carbocycles. The van der Waals surface area contributed by atoms with Gasteiger partial charge in [-0.05, 0) is 5.56 Å². The zero-order valence-corrected chi connectivity index (χ0v) is 11.3. The van der Waals surface area contributed by atoms with E-state index < -0.39 is 24.4 Å². The fourth-order valence-electron chi connectivity index (χ4n) is 1.75. The molecule has 112 valence electrons. The summed E-state index contributed by atoms with van der Waals surface area (Å²) >= 11 is 0. The second-order valence-corrected chi connectivity index (χ2v) is 4.39. The fraction of sp³-hybridized carbons (Fsp3) is 0.500. The van der Waals surface area contributed by atoms with Crippen LogP contribution in [-0.4, -0.2) is 59.7 Å². The van der Waals surface area contributed by atoms with Crippen LogP contribution in [0.15, 0.2) is 30.3 Å². The standard InChI is InChI=1S/C14H20O6/c1-19-14(11(16)7-15)13(18)12(17)9-20-8-10-5-3-2-4-6-10/h2-7,11-14,16-18H,8-9H2,1H3/t11-,12+,13+,14+/m0/s1. The number of carbonyl (C=O) groups excluding carboxylic acids is 1. The Labute approximate surface area is 117 Å². The molecule has 6 heteroatoms. The first-order valence-electron chi connectivity index (χ1n) is 6.24. The number of rotatable bonds is 9. The molecule has 0 saturated heterocycles. The van der Waals surface area contributed by atoms with Gasteiger partial charge in [0, 0.05) is 7.11 Å².